The van der Waals surface area contributed by atoms with Crippen LogP contribution in [-0.4, -0.2) is 9.13 Å². The lowest BCUT2D eigenvalue weighted by molar-refractivity contribution is 0.895. The monoisotopic (exact) mass is 965 g/mol. The maximum Gasteiger partial charge on any atom is 0.104 e. The van der Waals surface area contributed by atoms with Crippen LogP contribution in [0.25, 0.3) is 100 Å². The summed E-state index contributed by atoms with van der Waals surface area (Å²) in [7, 11) is 0. The van der Waals surface area contributed by atoms with Crippen LogP contribution in [0.3, 0.4) is 0 Å². The van der Waals surface area contributed by atoms with E-state index in [0.717, 1.165) is 88.5 Å². The Labute approximate surface area is 437 Å². The highest BCUT2D eigenvalue weighted by Crippen LogP contribution is 2.45. The molecular formula is C67H35N9. The second kappa shape index (κ2) is 18.6. The van der Waals surface area contributed by atoms with Gasteiger partial charge in [0.25, 0.3) is 0 Å². The molecule has 12 rings (SSSR count). The quantitative estimate of drug-likeness (QED) is 0.153. The molecule has 0 aliphatic heterocycles. The number of nitrogens with zero attached hydrogens (tertiary/aromatic N) is 9. The fourth-order valence-corrected chi connectivity index (χ4v) is 10.7. The molecular weight excluding hydrogens is 931 g/mol. The van der Waals surface area contributed by atoms with Crippen LogP contribution in [0, 0.1) is 79.3 Å². The highest BCUT2D eigenvalue weighted by molar-refractivity contribution is 6.12. The summed E-state index contributed by atoms with van der Waals surface area (Å²) in [6.45, 7) is 0. The van der Waals surface area contributed by atoms with Gasteiger partial charge in [-0.3, -0.25) is 0 Å². The Bertz CT molecular complexity index is 4470. The van der Waals surface area contributed by atoms with Gasteiger partial charge in [-0.1, -0.05) is 66.7 Å². The van der Waals surface area contributed by atoms with Gasteiger partial charge in [-0.2, -0.15) is 36.8 Å². The molecule has 0 saturated carbocycles. The highest BCUT2D eigenvalue weighted by Gasteiger charge is 2.27. The van der Waals surface area contributed by atoms with Crippen LogP contribution < -0.4 is 0 Å². The predicted molar refractivity (Wildman–Crippen MR) is 295 cm³/mol. The lowest BCUT2D eigenvalue weighted by atomic mass is 9.90. The van der Waals surface area contributed by atoms with Crippen LogP contribution in [0.1, 0.15) is 62.2 Å². The summed E-state index contributed by atoms with van der Waals surface area (Å²) >= 11 is 0. The first-order valence-corrected chi connectivity index (χ1v) is 24.3. The maximum atomic E-state index is 11.8. The molecule has 1 aliphatic rings. The van der Waals surface area contributed by atoms with Crippen molar-refractivity contribution in [3.8, 4) is 98.4 Å². The average Bonchev–Trinajstić information content (AvgIpc) is 4.15. The van der Waals surface area contributed by atoms with E-state index in [4.69, 9.17) is 0 Å². The van der Waals surface area contributed by atoms with Crippen molar-refractivity contribution in [1.29, 1.82) is 36.8 Å². The van der Waals surface area contributed by atoms with Crippen molar-refractivity contribution >= 4 is 44.4 Å². The van der Waals surface area contributed by atoms with Gasteiger partial charge >= 0.3 is 0 Å². The standard InChI is InChI=1S/C67H35N9/c68-34-41-1-9-47(10-2-41)51-17-21-62-57(28-51)58-29-52(48-11-3-42(35-69)4-12-48)18-22-63(58)75(62)66-32-56(55-26-45(38-72)25-46(27-55)39-73)33-67(61(66)40-74)76-64-23-19-53(49-13-5-43(36-70)6-14-49)30-59(64)60-31-54(20-24-65(60)76)50-15-7-44(37-71)8-16-50/h1-19,21-23,25-33H,20,24H2. The van der Waals surface area contributed by atoms with Crippen molar-refractivity contribution in [2.75, 3.05) is 0 Å². The van der Waals surface area contributed by atoms with Gasteiger partial charge in [0, 0.05) is 27.4 Å². The third-order valence-electron chi connectivity index (χ3n) is 14.5. The largest absolute Gasteiger partial charge is 0.312 e. The van der Waals surface area contributed by atoms with E-state index >= 15 is 0 Å². The summed E-state index contributed by atoms with van der Waals surface area (Å²) in [5.41, 5.74) is 18.1. The zero-order valence-electron chi connectivity index (χ0n) is 40.3. The van der Waals surface area contributed by atoms with Gasteiger partial charge in [0.05, 0.1) is 97.7 Å². The molecule has 76 heavy (non-hydrogen) atoms. The number of hydrogen-bond donors (Lipinski definition) is 0. The number of benzene rings is 9. The van der Waals surface area contributed by atoms with Crippen molar-refractivity contribution in [1.82, 2.24) is 9.13 Å². The molecule has 348 valence electrons. The van der Waals surface area contributed by atoms with E-state index in [1.54, 1.807) is 42.5 Å². The van der Waals surface area contributed by atoms with E-state index in [1.165, 1.54) is 0 Å². The number of nitriles is 7. The summed E-state index contributed by atoms with van der Waals surface area (Å²) in [6, 6.07) is 74.1. The first kappa shape index (κ1) is 45.6. The van der Waals surface area contributed by atoms with Gasteiger partial charge in [0.15, 0.2) is 0 Å². The smallest absolute Gasteiger partial charge is 0.104 e. The molecule has 9 heteroatoms. The Morgan fingerprint density at radius 2 is 0.658 bits per heavy atom. The Balaban J connectivity index is 1.17. The summed E-state index contributed by atoms with van der Waals surface area (Å²) in [5.74, 6) is 0. The molecule has 0 saturated heterocycles. The van der Waals surface area contributed by atoms with Crippen LogP contribution in [0.2, 0.25) is 0 Å². The van der Waals surface area contributed by atoms with Crippen LogP contribution >= 0.6 is 0 Å². The van der Waals surface area contributed by atoms with E-state index in [9.17, 15) is 36.8 Å². The number of hydrogen-bond acceptors (Lipinski definition) is 7. The minimum atomic E-state index is 0.323. The van der Waals surface area contributed by atoms with E-state index in [2.05, 4.69) is 100 Å². The zero-order chi connectivity index (χ0) is 52.0. The summed E-state index contributed by atoms with van der Waals surface area (Å²) in [6.07, 6.45) is 3.51. The van der Waals surface area contributed by atoms with Gasteiger partial charge in [-0.25, -0.2) is 0 Å². The Morgan fingerprint density at radius 3 is 1.08 bits per heavy atom. The summed E-state index contributed by atoms with van der Waals surface area (Å²) in [5, 5.41) is 73.5. The lowest BCUT2D eigenvalue weighted by Gasteiger charge is -2.21. The van der Waals surface area contributed by atoms with E-state index < -0.39 is 0 Å². The second-order valence-electron chi connectivity index (χ2n) is 18.7. The molecule has 0 unspecified atom stereocenters. The molecule has 2 aromatic heterocycles. The molecule has 0 spiro atoms. The predicted octanol–water partition coefficient (Wildman–Crippen LogP) is 15.0. The minimum Gasteiger partial charge on any atom is -0.312 e. The molecule has 1 aliphatic carbocycles. The van der Waals surface area contributed by atoms with E-state index in [1.807, 2.05) is 97.1 Å². The lowest BCUT2D eigenvalue weighted by Crippen LogP contribution is -2.09. The second-order valence-corrected chi connectivity index (χ2v) is 18.7. The van der Waals surface area contributed by atoms with Gasteiger partial charge in [-0.05, 0) is 190 Å². The molecule has 0 amide bonds. The minimum absolute atomic E-state index is 0.323. The summed E-state index contributed by atoms with van der Waals surface area (Å²) < 4.78 is 4.33. The first-order chi connectivity index (χ1) is 37.3. The number of allylic oxidation sites excluding steroid dienone is 1. The van der Waals surface area contributed by atoms with Crippen molar-refractivity contribution in [3.05, 3.63) is 238 Å². The SMILES string of the molecule is N#Cc1ccc(C2=Cc3c(n(-c4cc(-c5cc(C#N)cc(C#N)c5)cc(-n5c6ccc(-c7ccc(C#N)cc7)cc6c6cc(-c7ccc(C#N)cc7)ccc65)c4C#N)c4ccc(-c5ccc(C#N)cc5)cc34)CC2)cc1. The third kappa shape index (κ3) is 7.76. The Hall–Kier alpha value is -11.5. The molecule has 9 nitrogen and oxygen atoms in total. The first-order valence-electron chi connectivity index (χ1n) is 24.3. The van der Waals surface area contributed by atoms with Crippen molar-refractivity contribution < 1.29 is 0 Å². The van der Waals surface area contributed by atoms with Gasteiger partial charge in [0.1, 0.15) is 11.6 Å². The fourth-order valence-electron chi connectivity index (χ4n) is 10.7. The van der Waals surface area contributed by atoms with E-state index in [-0.39, 0.29) is 0 Å². The molecule has 0 N–H and O–H groups in total. The van der Waals surface area contributed by atoms with Gasteiger partial charge in [-0.15, -0.1) is 0 Å². The third-order valence-corrected chi connectivity index (χ3v) is 14.5. The molecule has 0 bridgehead atoms. The topological polar surface area (TPSA) is 176 Å². The molecule has 9 aromatic carbocycles. The molecule has 0 atom stereocenters. The van der Waals surface area contributed by atoms with Crippen molar-refractivity contribution in [2.45, 2.75) is 12.8 Å². The van der Waals surface area contributed by atoms with Crippen LogP contribution in [0.5, 0.6) is 0 Å². The van der Waals surface area contributed by atoms with Crippen molar-refractivity contribution in [3.63, 3.8) is 0 Å². The fraction of sp³-hybridized carbons (Fsp3) is 0.0299. The molecule has 2 heterocycles. The molecule has 11 aromatic rings. The number of aromatic nitrogens is 2. The maximum absolute atomic E-state index is 11.8. The van der Waals surface area contributed by atoms with E-state index in [0.29, 0.717) is 74.3 Å². The average molecular weight is 966 g/mol. The normalized spacial score (nSPS) is 11.6. The number of fused-ring (bicyclic) bond motifs is 6. The Morgan fingerprint density at radius 1 is 0.289 bits per heavy atom. The summed E-state index contributed by atoms with van der Waals surface area (Å²) in [4.78, 5) is 0. The molecule has 0 radical (unpaired) electrons. The van der Waals surface area contributed by atoms with Gasteiger partial charge < -0.3 is 9.13 Å². The highest BCUT2D eigenvalue weighted by atomic mass is 15.0. The Kier molecular flexibility index (Phi) is 11.2. The van der Waals surface area contributed by atoms with Gasteiger partial charge in [0.2, 0.25) is 0 Å². The van der Waals surface area contributed by atoms with Crippen LogP contribution in [-0.2, 0) is 6.42 Å². The molecule has 0 fully saturated rings. The van der Waals surface area contributed by atoms with Crippen LogP contribution in [0.15, 0.2) is 182 Å². The zero-order valence-corrected chi connectivity index (χ0v) is 40.3. The van der Waals surface area contributed by atoms with Crippen molar-refractivity contribution in [2.24, 2.45) is 0 Å². The van der Waals surface area contributed by atoms with Crippen LogP contribution in [0.4, 0.5) is 0 Å². The number of rotatable bonds is 7.